The predicted octanol–water partition coefficient (Wildman–Crippen LogP) is 1.53. The largest absolute Gasteiger partial charge is 0.447 e. The molecule has 2 rings (SSSR count). The van der Waals surface area contributed by atoms with Crippen LogP contribution in [0.3, 0.4) is 0 Å². The number of cyclic esters (lactones) is 1. The smallest absolute Gasteiger partial charge is 0.407 e. The SMILES string of the molecule is CN(C)c1ccc(C2COC(=O)N2)cc1. The zero-order valence-corrected chi connectivity index (χ0v) is 8.86. The maximum Gasteiger partial charge on any atom is 0.407 e. The van der Waals surface area contributed by atoms with Crippen molar-refractivity contribution in [3.63, 3.8) is 0 Å². The van der Waals surface area contributed by atoms with E-state index in [1.807, 2.05) is 43.3 Å². The second-order valence-corrected chi connectivity index (χ2v) is 3.78. The normalized spacial score (nSPS) is 19.6. The van der Waals surface area contributed by atoms with E-state index in [1.165, 1.54) is 0 Å². The molecule has 1 amide bonds. The van der Waals surface area contributed by atoms with Crippen molar-refractivity contribution in [2.45, 2.75) is 6.04 Å². The van der Waals surface area contributed by atoms with Crippen molar-refractivity contribution in [2.24, 2.45) is 0 Å². The minimum atomic E-state index is -0.336. The van der Waals surface area contributed by atoms with Crippen molar-refractivity contribution < 1.29 is 9.53 Å². The van der Waals surface area contributed by atoms with Crippen molar-refractivity contribution >= 4 is 11.8 Å². The number of hydrogen-bond acceptors (Lipinski definition) is 3. The van der Waals surface area contributed by atoms with Crippen LogP contribution >= 0.6 is 0 Å². The Labute approximate surface area is 88.8 Å². The minimum absolute atomic E-state index is 0.00582. The maximum atomic E-state index is 10.9. The summed E-state index contributed by atoms with van der Waals surface area (Å²) in [5, 5.41) is 2.74. The second-order valence-electron chi connectivity index (χ2n) is 3.78. The van der Waals surface area contributed by atoms with Crippen molar-refractivity contribution in [1.82, 2.24) is 5.32 Å². The number of hydrogen-bond donors (Lipinski definition) is 1. The second kappa shape index (κ2) is 3.81. The van der Waals surface area contributed by atoms with Crippen LogP contribution in [0.15, 0.2) is 24.3 Å². The first-order valence-electron chi connectivity index (χ1n) is 4.87. The van der Waals surface area contributed by atoms with E-state index in [1.54, 1.807) is 0 Å². The molecule has 15 heavy (non-hydrogen) atoms. The molecule has 0 saturated carbocycles. The van der Waals surface area contributed by atoms with Gasteiger partial charge in [-0.15, -0.1) is 0 Å². The molecule has 1 aliphatic heterocycles. The molecular formula is C11H14N2O2. The molecule has 0 bridgehead atoms. The quantitative estimate of drug-likeness (QED) is 0.798. The topological polar surface area (TPSA) is 41.6 Å². The van der Waals surface area contributed by atoms with Crippen LogP contribution in [0.1, 0.15) is 11.6 Å². The van der Waals surface area contributed by atoms with E-state index in [-0.39, 0.29) is 12.1 Å². The summed E-state index contributed by atoms with van der Waals surface area (Å²) in [5.74, 6) is 0. The molecule has 0 aliphatic carbocycles. The van der Waals surface area contributed by atoms with E-state index in [2.05, 4.69) is 5.32 Å². The van der Waals surface area contributed by atoms with E-state index >= 15 is 0 Å². The number of carbonyl (C=O) groups excluding carboxylic acids is 1. The molecule has 0 aromatic heterocycles. The Hall–Kier alpha value is -1.71. The summed E-state index contributed by atoms with van der Waals surface area (Å²) in [6.45, 7) is 0.417. The molecule has 1 N–H and O–H groups in total. The van der Waals surface area contributed by atoms with Gasteiger partial charge in [0.25, 0.3) is 0 Å². The Morgan fingerprint density at radius 3 is 2.47 bits per heavy atom. The molecule has 1 saturated heterocycles. The van der Waals surface area contributed by atoms with E-state index in [0.717, 1.165) is 11.3 Å². The number of anilines is 1. The van der Waals surface area contributed by atoms with Gasteiger partial charge < -0.3 is 15.0 Å². The number of carbonyl (C=O) groups is 1. The zero-order chi connectivity index (χ0) is 10.8. The maximum absolute atomic E-state index is 10.9. The van der Waals surface area contributed by atoms with Crippen molar-refractivity contribution in [2.75, 3.05) is 25.6 Å². The molecule has 4 nitrogen and oxygen atoms in total. The molecule has 0 spiro atoms. The lowest BCUT2D eigenvalue weighted by Gasteiger charge is -2.14. The van der Waals surface area contributed by atoms with Crippen molar-refractivity contribution in [3.05, 3.63) is 29.8 Å². The Morgan fingerprint density at radius 2 is 2.00 bits per heavy atom. The highest BCUT2D eigenvalue weighted by Crippen LogP contribution is 2.20. The summed E-state index contributed by atoms with van der Waals surface area (Å²) in [6, 6.07) is 8.07. The fourth-order valence-electron chi connectivity index (χ4n) is 1.57. The fraction of sp³-hybridized carbons (Fsp3) is 0.364. The van der Waals surface area contributed by atoms with Gasteiger partial charge in [0.15, 0.2) is 0 Å². The molecule has 1 aromatic carbocycles. The van der Waals surface area contributed by atoms with Crippen LogP contribution in [0.2, 0.25) is 0 Å². The molecule has 1 aliphatic rings. The summed E-state index contributed by atoms with van der Waals surface area (Å²) < 4.78 is 4.84. The molecular weight excluding hydrogens is 192 g/mol. The number of benzene rings is 1. The van der Waals surface area contributed by atoms with E-state index in [9.17, 15) is 4.79 Å². The zero-order valence-electron chi connectivity index (χ0n) is 8.86. The number of ether oxygens (including phenoxy) is 1. The third-order valence-corrected chi connectivity index (χ3v) is 2.49. The van der Waals surface area contributed by atoms with Crippen LogP contribution < -0.4 is 10.2 Å². The molecule has 1 atom stereocenters. The number of amides is 1. The average molecular weight is 206 g/mol. The Morgan fingerprint density at radius 1 is 1.33 bits per heavy atom. The van der Waals surface area contributed by atoms with E-state index in [0.29, 0.717) is 6.61 Å². The Balaban J connectivity index is 2.13. The van der Waals surface area contributed by atoms with Crippen LogP contribution in [-0.2, 0) is 4.74 Å². The lowest BCUT2D eigenvalue weighted by atomic mass is 10.1. The minimum Gasteiger partial charge on any atom is -0.447 e. The van der Waals surface area contributed by atoms with Gasteiger partial charge in [-0.05, 0) is 17.7 Å². The van der Waals surface area contributed by atoms with Gasteiger partial charge in [-0.1, -0.05) is 12.1 Å². The number of nitrogens with zero attached hydrogens (tertiary/aromatic N) is 1. The lowest BCUT2D eigenvalue weighted by Crippen LogP contribution is -2.18. The van der Waals surface area contributed by atoms with Gasteiger partial charge in [0.05, 0.1) is 6.04 Å². The summed E-state index contributed by atoms with van der Waals surface area (Å²) in [7, 11) is 3.99. The Kier molecular flexibility index (Phi) is 2.49. The molecule has 80 valence electrons. The van der Waals surface area contributed by atoms with Crippen LogP contribution in [-0.4, -0.2) is 26.8 Å². The monoisotopic (exact) mass is 206 g/mol. The molecule has 1 unspecified atom stereocenters. The fourth-order valence-corrected chi connectivity index (χ4v) is 1.57. The predicted molar refractivity (Wildman–Crippen MR) is 58.0 cm³/mol. The van der Waals surface area contributed by atoms with Crippen molar-refractivity contribution in [3.8, 4) is 0 Å². The van der Waals surface area contributed by atoms with Gasteiger partial charge in [0.2, 0.25) is 0 Å². The first-order valence-corrected chi connectivity index (χ1v) is 4.87. The first kappa shape index (κ1) is 9.83. The highest BCUT2D eigenvalue weighted by Gasteiger charge is 2.23. The Bertz CT molecular complexity index is 359. The summed E-state index contributed by atoms with van der Waals surface area (Å²) >= 11 is 0. The third kappa shape index (κ3) is 2.03. The number of alkyl carbamates (subject to hydrolysis) is 1. The summed E-state index contributed by atoms with van der Waals surface area (Å²) in [4.78, 5) is 12.9. The van der Waals surface area contributed by atoms with Gasteiger partial charge in [-0.2, -0.15) is 0 Å². The van der Waals surface area contributed by atoms with Crippen LogP contribution in [0, 0.1) is 0 Å². The summed E-state index contributed by atoms with van der Waals surface area (Å²) in [6.07, 6.45) is -0.336. The van der Waals surface area contributed by atoms with Gasteiger partial charge in [-0.25, -0.2) is 4.79 Å². The van der Waals surface area contributed by atoms with E-state index < -0.39 is 0 Å². The van der Waals surface area contributed by atoms with Crippen molar-refractivity contribution in [1.29, 1.82) is 0 Å². The molecule has 1 fully saturated rings. The highest BCUT2D eigenvalue weighted by molar-refractivity contribution is 5.70. The molecule has 1 aromatic rings. The first-order chi connectivity index (χ1) is 7.16. The van der Waals surface area contributed by atoms with Gasteiger partial charge in [-0.3, -0.25) is 0 Å². The van der Waals surface area contributed by atoms with Gasteiger partial charge >= 0.3 is 6.09 Å². The number of rotatable bonds is 2. The third-order valence-electron chi connectivity index (χ3n) is 2.49. The number of nitrogens with one attached hydrogen (secondary N) is 1. The van der Waals surface area contributed by atoms with E-state index in [4.69, 9.17) is 4.74 Å². The standard InChI is InChI=1S/C11H14N2O2/c1-13(2)9-5-3-8(4-6-9)10-7-15-11(14)12-10/h3-6,10H,7H2,1-2H3,(H,12,14). The van der Waals surface area contributed by atoms with Crippen LogP contribution in [0.25, 0.3) is 0 Å². The molecule has 0 radical (unpaired) electrons. The van der Waals surface area contributed by atoms with Gasteiger partial charge in [0, 0.05) is 19.8 Å². The molecule has 4 heteroatoms. The highest BCUT2D eigenvalue weighted by atomic mass is 16.6. The summed E-state index contributed by atoms with van der Waals surface area (Å²) in [5.41, 5.74) is 2.22. The average Bonchev–Trinajstić information content (AvgIpc) is 2.65. The van der Waals surface area contributed by atoms with Crippen LogP contribution in [0.4, 0.5) is 10.5 Å². The van der Waals surface area contributed by atoms with Gasteiger partial charge in [0.1, 0.15) is 6.61 Å². The van der Waals surface area contributed by atoms with Crippen LogP contribution in [0.5, 0.6) is 0 Å². The molecule has 1 heterocycles. The lowest BCUT2D eigenvalue weighted by molar-refractivity contribution is 0.177.